The Morgan fingerprint density at radius 1 is 1.20 bits per heavy atom. The van der Waals surface area contributed by atoms with Crippen LogP contribution in [0.3, 0.4) is 0 Å². The maximum Gasteiger partial charge on any atom is 0.0609 e. The predicted octanol–water partition coefficient (Wildman–Crippen LogP) is 1.72. The summed E-state index contributed by atoms with van der Waals surface area (Å²) in [5.74, 6) is 0. The summed E-state index contributed by atoms with van der Waals surface area (Å²) in [6.45, 7) is 0.121. The normalized spacial score (nSPS) is 30.7. The van der Waals surface area contributed by atoms with Crippen LogP contribution in [0.1, 0.15) is 11.6 Å². The molecule has 0 amide bonds. The van der Waals surface area contributed by atoms with E-state index in [1.165, 1.54) is 5.56 Å². The maximum atomic E-state index is 9.11. The zero-order chi connectivity index (χ0) is 10.8. The van der Waals surface area contributed by atoms with Gasteiger partial charge in [0.2, 0.25) is 0 Å². The molecule has 1 aliphatic rings. The number of aliphatic hydroxyl groups excluding tert-OH is 1. The summed E-state index contributed by atoms with van der Waals surface area (Å²) in [4.78, 5) is 0.198. The summed E-state index contributed by atoms with van der Waals surface area (Å²) in [5, 5.41) is 9.11. The second kappa shape index (κ2) is 4.93. The van der Waals surface area contributed by atoms with Crippen LogP contribution < -0.4 is 10.9 Å². The fourth-order valence-corrected chi connectivity index (χ4v) is 2.67. The van der Waals surface area contributed by atoms with Gasteiger partial charge in [0.05, 0.1) is 23.5 Å². The molecular formula is C10H12Br2N2O. The minimum absolute atomic E-state index is 0.0543. The quantitative estimate of drug-likeness (QED) is 0.721. The molecule has 5 heteroatoms. The summed E-state index contributed by atoms with van der Waals surface area (Å²) in [5.41, 5.74) is 7.43. The van der Waals surface area contributed by atoms with E-state index in [4.69, 9.17) is 5.11 Å². The lowest BCUT2D eigenvalue weighted by molar-refractivity contribution is 0.253. The van der Waals surface area contributed by atoms with Gasteiger partial charge < -0.3 is 5.11 Å². The lowest BCUT2D eigenvalue weighted by Crippen LogP contribution is -2.34. The molecule has 1 aliphatic heterocycles. The summed E-state index contributed by atoms with van der Waals surface area (Å²) in [7, 11) is 0. The van der Waals surface area contributed by atoms with Crippen LogP contribution in [0.25, 0.3) is 0 Å². The number of alkyl halides is 1. The minimum atomic E-state index is 0.0543. The summed E-state index contributed by atoms with van der Waals surface area (Å²) in [6.07, 6.45) is 0. The fourth-order valence-electron chi connectivity index (χ4n) is 1.67. The van der Waals surface area contributed by atoms with E-state index in [0.29, 0.717) is 0 Å². The molecule has 1 fully saturated rings. The molecule has 3 N–H and O–H groups in total. The van der Waals surface area contributed by atoms with Gasteiger partial charge >= 0.3 is 0 Å². The lowest BCUT2D eigenvalue weighted by atomic mass is 10.0. The fraction of sp³-hybridized carbons (Fsp3) is 0.400. The van der Waals surface area contributed by atoms with Crippen molar-refractivity contribution < 1.29 is 5.11 Å². The van der Waals surface area contributed by atoms with Gasteiger partial charge in [0, 0.05) is 4.47 Å². The number of hydrogen-bond donors (Lipinski definition) is 3. The maximum absolute atomic E-state index is 9.11. The second-order valence-corrected chi connectivity index (χ2v) is 5.52. The van der Waals surface area contributed by atoms with Gasteiger partial charge in [0.25, 0.3) is 0 Å². The van der Waals surface area contributed by atoms with Gasteiger partial charge in [-0.25, -0.2) is 5.43 Å². The van der Waals surface area contributed by atoms with E-state index in [1.54, 1.807) is 0 Å². The molecule has 0 spiro atoms. The van der Waals surface area contributed by atoms with E-state index < -0.39 is 0 Å². The van der Waals surface area contributed by atoms with E-state index in [1.807, 2.05) is 12.1 Å². The van der Waals surface area contributed by atoms with Gasteiger partial charge in [0.15, 0.2) is 0 Å². The van der Waals surface area contributed by atoms with Crippen molar-refractivity contribution in [2.24, 2.45) is 0 Å². The van der Waals surface area contributed by atoms with Crippen molar-refractivity contribution >= 4 is 31.9 Å². The largest absolute Gasteiger partial charge is 0.395 e. The van der Waals surface area contributed by atoms with Crippen molar-refractivity contribution in [3.63, 3.8) is 0 Å². The highest BCUT2D eigenvalue weighted by molar-refractivity contribution is 9.10. The highest BCUT2D eigenvalue weighted by Gasteiger charge is 2.34. The first-order valence-corrected chi connectivity index (χ1v) is 6.44. The number of hydrogen-bond acceptors (Lipinski definition) is 3. The molecule has 0 bridgehead atoms. The SMILES string of the molecule is OCC1NNC(c2ccc(Br)cc2)C1Br. The number of halogens is 2. The molecule has 1 aromatic carbocycles. The smallest absolute Gasteiger partial charge is 0.0609 e. The van der Waals surface area contributed by atoms with Crippen molar-refractivity contribution in [1.82, 2.24) is 10.9 Å². The number of rotatable bonds is 2. The van der Waals surface area contributed by atoms with Crippen LogP contribution in [-0.4, -0.2) is 22.6 Å². The Morgan fingerprint density at radius 2 is 1.87 bits per heavy atom. The van der Waals surface area contributed by atoms with E-state index >= 15 is 0 Å². The van der Waals surface area contributed by atoms with Gasteiger partial charge in [0.1, 0.15) is 0 Å². The van der Waals surface area contributed by atoms with Crippen LogP contribution in [0.15, 0.2) is 28.7 Å². The average molecular weight is 336 g/mol. The third-order valence-corrected chi connectivity index (χ3v) is 4.25. The molecule has 0 saturated carbocycles. The third kappa shape index (κ3) is 2.42. The van der Waals surface area contributed by atoms with E-state index in [2.05, 4.69) is 54.8 Å². The Balaban J connectivity index is 2.15. The zero-order valence-corrected chi connectivity index (χ0v) is 11.1. The molecule has 1 aromatic rings. The Hall–Kier alpha value is 0.0600. The molecule has 15 heavy (non-hydrogen) atoms. The number of benzene rings is 1. The first kappa shape index (κ1) is 11.5. The van der Waals surface area contributed by atoms with Crippen LogP contribution in [0.4, 0.5) is 0 Å². The van der Waals surface area contributed by atoms with Crippen molar-refractivity contribution in [3.8, 4) is 0 Å². The van der Waals surface area contributed by atoms with Crippen molar-refractivity contribution in [3.05, 3.63) is 34.3 Å². The highest BCUT2D eigenvalue weighted by atomic mass is 79.9. The molecule has 3 nitrogen and oxygen atoms in total. The van der Waals surface area contributed by atoms with Crippen molar-refractivity contribution in [2.75, 3.05) is 6.61 Å². The summed E-state index contributed by atoms with van der Waals surface area (Å²) >= 11 is 7.00. The van der Waals surface area contributed by atoms with Gasteiger partial charge in [-0.1, -0.05) is 44.0 Å². The van der Waals surface area contributed by atoms with Gasteiger partial charge in [-0.05, 0) is 17.7 Å². The number of hydrazine groups is 1. The molecule has 0 aromatic heterocycles. The molecule has 3 unspecified atom stereocenters. The van der Waals surface area contributed by atoms with Crippen molar-refractivity contribution in [2.45, 2.75) is 16.9 Å². The van der Waals surface area contributed by atoms with E-state index in [-0.39, 0.29) is 23.5 Å². The van der Waals surface area contributed by atoms with Gasteiger partial charge in [-0.2, -0.15) is 0 Å². The first-order valence-electron chi connectivity index (χ1n) is 4.74. The predicted molar refractivity (Wildman–Crippen MR) is 66.7 cm³/mol. The van der Waals surface area contributed by atoms with Crippen LogP contribution >= 0.6 is 31.9 Å². The van der Waals surface area contributed by atoms with Crippen LogP contribution in [0, 0.1) is 0 Å². The molecule has 0 aliphatic carbocycles. The zero-order valence-electron chi connectivity index (χ0n) is 7.95. The van der Waals surface area contributed by atoms with Crippen LogP contribution in [0.5, 0.6) is 0 Å². The van der Waals surface area contributed by atoms with Crippen molar-refractivity contribution in [1.29, 1.82) is 0 Å². The molecular weight excluding hydrogens is 324 g/mol. The summed E-state index contributed by atoms with van der Waals surface area (Å²) < 4.78 is 1.07. The third-order valence-electron chi connectivity index (χ3n) is 2.55. The molecule has 82 valence electrons. The van der Waals surface area contributed by atoms with E-state index in [0.717, 1.165) is 4.47 Å². The van der Waals surface area contributed by atoms with Crippen LogP contribution in [0.2, 0.25) is 0 Å². The molecule has 0 radical (unpaired) electrons. The Bertz CT molecular complexity index is 331. The topological polar surface area (TPSA) is 44.3 Å². The Kier molecular flexibility index (Phi) is 3.79. The average Bonchev–Trinajstić information content (AvgIpc) is 2.61. The molecule has 1 saturated heterocycles. The first-order chi connectivity index (χ1) is 7.22. The highest BCUT2D eigenvalue weighted by Crippen LogP contribution is 2.29. The van der Waals surface area contributed by atoms with Gasteiger partial charge in [-0.3, -0.25) is 5.43 Å². The van der Waals surface area contributed by atoms with Crippen LogP contribution in [-0.2, 0) is 0 Å². The monoisotopic (exact) mass is 334 g/mol. The molecule has 3 atom stereocenters. The molecule has 2 rings (SSSR count). The number of nitrogens with one attached hydrogen (secondary N) is 2. The minimum Gasteiger partial charge on any atom is -0.395 e. The standard InChI is InChI=1S/C10H12Br2N2O/c11-7-3-1-6(2-4-7)10-9(12)8(5-15)13-14-10/h1-4,8-10,13-15H,5H2. The second-order valence-electron chi connectivity index (χ2n) is 3.55. The van der Waals surface area contributed by atoms with Gasteiger partial charge in [-0.15, -0.1) is 0 Å². The van der Waals surface area contributed by atoms with E-state index in [9.17, 15) is 0 Å². The number of aliphatic hydroxyl groups is 1. The molecule has 1 heterocycles. The Morgan fingerprint density at radius 3 is 2.40 bits per heavy atom. The lowest BCUT2D eigenvalue weighted by Gasteiger charge is -2.15. The Labute approximate surface area is 105 Å². The summed E-state index contributed by atoms with van der Waals surface area (Å²) in [6, 6.07) is 8.41.